The van der Waals surface area contributed by atoms with Crippen LogP contribution in [-0.2, 0) is 4.79 Å². The first-order valence-electron chi connectivity index (χ1n) is 12.7. The highest BCUT2D eigenvalue weighted by molar-refractivity contribution is 7.99. The highest BCUT2D eigenvalue weighted by Crippen LogP contribution is 2.43. The second-order valence-electron chi connectivity index (χ2n) is 10.0. The third-order valence-corrected chi connectivity index (χ3v) is 8.78. The van der Waals surface area contributed by atoms with Gasteiger partial charge >= 0.3 is 5.97 Å². The van der Waals surface area contributed by atoms with E-state index in [4.69, 9.17) is 16.3 Å². The average molecular weight is 543 g/mol. The van der Waals surface area contributed by atoms with Gasteiger partial charge in [0.1, 0.15) is 5.75 Å². The predicted molar refractivity (Wildman–Crippen MR) is 150 cm³/mol. The number of thioether (sulfide) groups is 1. The molecule has 1 fully saturated rings. The summed E-state index contributed by atoms with van der Waals surface area (Å²) in [6.07, 6.45) is 3.53. The third kappa shape index (κ3) is 7.17. The van der Waals surface area contributed by atoms with Gasteiger partial charge in [-0.3, -0.25) is 9.78 Å². The summed E-state index contributed by atoms with van der Waals surface area (Å²) >= 11 is 8.34. The van der Waals surface area contributed by atoms with Gasteiger partial charge in [-0.2, -0.15) is 0 Å². The van der Waals surface area contributed by atoms with Crippen LogP contribution in [0.1, 0.15) is 49.3 Å². The summed E-state index contributed by atoms with van der Waals surface area (Å²) in [5.41, 5.74) is 2.29. The number of aromatic nitrogens is 1. The van der Waals surface area contributed by atoms with Crippen molar-refractivity contribution in [3.05, 3.63) is 64.8 Å². The van der Waals surface area contributed by atoms with Crippen molar-refractivity contribution < 1.29 is 19.7 Å². The maximum absolute atomic E-state index is 11.8. The first-order chi connectivity index (χ1) is 17.8. The Morgan fingerprint density at radius 1 is 1.22 bits per heavy atom. The first kappa shape index (κ1) is 27.7. The number of hydrogen-bond acceptors (Lipinski definition) is 6. The molecular weight excluding hydrogens is 508 g/mol. The fourth-order valence-electron chi connectivity index (χ4n) is 5.23. The van der Waals surface area contributed by atoms with Crippen molar-refractivity contribution in [1.82, 2.24) is 9.88 Å². The third-order valence-electron chi connectivity index (χ3n) is 7.49. The van der Waals surface area contributed by atoms with Gasteiger partial charge in [0.25, 0.3) is 0 Å². The standard InChI is InChI=1S/C29H35ClN2O4S/c1-20-3-6-22(7-4-20)37-16-15-32-13-11-29(12-14-32,18-27(34)35)10-9-26(33)28-23-17-21(36-2)5-8-25(23)31-19-24(28)30/h3-8,17,19,26,33H,9-16,18H2,1-2H3,(H,34,35). The number of halogens is 1. The highest BCUT2D eigenvalue weighted by atomic mass is 35.5. The number of piperidine rings is 1. The Morgan fingerprint density at radius 3 is 2.62 bits per heavy atom. The van der Waals surface area contributed by atoms with Crippen LogP contribution in [0.4, 0.5) is 0 Å². The second kappa shape index (κ2) is 12.5. The number of hydrogen-bond donors (Lipinski definition) is 2. The molecule has 6 nitrogen and oxygen atoms in total. The van der Waals surface area contributed by atoms with E-state index < -0.39 is 12.1 Å². The van der Waals surface area contributed by atoms with E-state index in [-0.39, 0.29) is 11.8 Å². The lowest BCUT2D eigenvalue weighted by molar-refractivity contribution is -0.141. The molecule has 4 rings (SSSR count). The molecule has 0 spiro atoms. The van der Waals surface area contributed by atoms with Crippen LogP contribution in [0.3, 0.4) is 0 Å². The van der Waals surface area contributed by atoms with Crippen molar-refractivity contribution in [2.24, 2.45) is 5.41 Å². The largest absolute Gasteiger partial charge is 0.497 e. The van der Waals surface area contributed by atoms with Crippen molar-refractivity contribution in [2.75, 3.05) is 32.5 Å². The fraction of sp³-hybridized carbons (Fsp3) is 0.448. The number of likely N-dealkylation sites (tertiary alicyclic amines) is 1. The van der Waals surface area contributed by atoms with E-state index in [0.717, 1.165) is 49.1 Å². The maximum atomic E-state index is 11.8. The number of rotatable bonds is 11. The highest BCUT2D eigenvalue weighted by Gasteiger charge is 2.37. The van der Waals surface area contributed by atoms with Crippen LogP contribution in [0.2, 0.25) is 5.02 Å². The summed E-state index contributed by atoms with van der Waals surface area (Å²) in [5.74, 6) is 0.889. The van der Waals surface area contributed by atoms with Gasteiger partial charge in [0.2, 0.25) is 0 Å². The van der Waals surface area contributed by atoms with Crippen LogP contribution in [0, 0.1) is 12.3 Å². The summed E-state index contributed by atoms with van der Waals surface area (Å²) in [7, 11) is 1.60. The van der Waals surface area contributed by atoms with Gasteiger partial charge in [-0.25, -0.2) is 0 Å². The molecule has 1 aromatic heterocycles. The number of carbonyl (C=O) groups is 1. The van der Waals surface area contributed by atoms with Crippen LogP contribution in [0.15, 0.2) is 53.6 Å². The molecule has 1 saturated heterocycles. The lowest BCUT2D eigenvalue weighted by atomic mass is 9.71. The number of pyridine rings is 1. The molecule has 0 radical (unpaired) electrons. The van der Waals surface area contributed by atoms with Crippen LogP contribution >= 0.6 is 23.4 Å². The SMILES string of the molecule is COc1ccc2ncc(Cl)c(C(O)CCC3(CC(=O)O)CCN(CCSc4ccc(C)cc4)CC3)c2c1. The summed E-state index contributed by atoms with van der Waals surface area (Å²) < 4.78 is 5.36. The van der Waals surface area contributed by atoms with Crippen molar-refractivity contribution in [3.63, 3.8) is 0 Å². The van der Waals surface area contributed by atoms with E-state index in [1.54, 1.807) is 13.3 Å². The minimum atomic E-state index is -0.820. The zero-order valence-corrected chi connectivity index (χ0v) is 23.0. The number of aliphatic hydroxyl groups excluding tert-OH is 1. The molecule has 2 aromatic carbocycles. The van der Waals surface area contributed by atoms with Crippen LogP contribution in [0.25, 0.3) is 10.9 Å². The number of aliphatic carboxylic acids is 1. The van der Waals surface area contributed by atoms with Gasteiger partial charge in [0.15, 0.2) is 0 Å². The Balaban J connectivity index is 1.38. The van der Waals surface area contributed by atoms with E-state index >= 15 is 0 Å². The van der Waals surface area contributed by atoms with Gasteiger partial charge in [-0.05, 0) is 81.4 Å². The normalized spacial score (nSPS) is 16.5. The van der Waals surface area contributed by atoms with Gasteiger partial charge in [-0.1, -0.05) is 29.3 Å². The van der Waals surface area contributed by atoms with Crippen molar-refractivity contribution in [2.45, 2.75) is 50.0 Å². The number of aliphatic hydroxyl groups is 1. The van der Waals surface area contributed by atoms with Crippen LogP contribution in [-0.4, -0.2) is 58.6 Å². The first-order valence-corrected chi connectivity index (χ1v) is 14.1. The zero-order valence-electron chi connectivity index (χ0n) is 21.5. The van der Waals surface area contributed by atoms with Crippen molar-refractivity contribution in [3.8, 4) is 5.75 Å². The summed E-state index contributed by atoms with van der Waals surface area (Å²) in [5, 5.41) is 22.1. The Morgan fingerprint density at radius 2 is 1.95 bits per heavy atom. The quantitative estimate of drug-likeness (QED) is 0.272. The molecule has 0 saturated carbocycles. The smallest absolute Gasteiger partial charge is 0.303 e. The monoisotopic (exact) mass is 542 g/mol. The van der Waals surface area contributed by atoms with Crippen molar-refractivity contribution >= 4 is 40.2 Å². The molecule has 8 heteroatoms. The molecule has 2 N–H and O–H groups in total. The minimum absolute atomic E-state index is 0.115. The van der Waals surface area contributed by atoms with Crippen molar-refractivity contribution in [1.29, 1.82) is 0 Å². The van der Waals surface area contributed by atoms with Crippen LogP contribution < -0.4 is 4.74 Å². The van der Waals surface area contributed by atoms with E-state index in [1.165, 1.54) is 10.5 Å². The summed E-state index contributed by atoms with van der Waals surface area (Å²) in [6.45, 7) is 4.81. The second-order valence-corrected chi connectivity index (χ2v) is 11.6. The van der Waals surface area contributed by atoms with E-state index in [1.807, 2.05) is 30.0 Å². The zero-order chi connectivity index (χ0) is 26.4. The van der Waals surface area contributed by atoms with E-state index in [0.29, 0.717) is 29.2 Å². The lowest BCUT2D eigenvalue weighted by Gasteiger charge is -2.41. The molecular formula is C29H35ClN2O4S. The Bertz CT molecular complexity index is 1210. The number of aryl methyl sites for hydroxylation is 1. The molecule has 0 aliphatic carbocycles. The van der Waals surface area contributed by atoms with Gasteiger partial charge in [-0.15, -0.1) is 11.8 Å². The number of carboxylic acids is 1. The van der Waals surface area contributed by atoms with E-state index in [9.17, 15) is 15.0 Å². The molecule has 1 unspecified atom stereocenters. The summed E-state index contributed by atoms with van der Waals surface area (Å²) in [4.78, 5) is 19.9. The Kier molecular flexibility index (Phi) is 9.35. The number of nitrogens with zero attached hydrogens (tertiary/aromatic N) is 2. The Hall–Kier alpha value is -2.32. The summed E-state index contributed by atoms with van der Waals surface area (Å²) in [6, 6.07) is 14.1. The number of fused-ring (bicyclic) bond motifs is 1. The lowest BCUT2D eigenvalue weighted by Crippen LogP contribution is -2.42. The predicted octanol–water partition coefficient (Wildman–Crippen LogP) is 6.37. The van der Waals surface area contributed by atoms with Gasteiger partial charge < -0.3 is 19.8 Å². The maximum Gasteiger partial charge on any atom is 0.303 e. The van der Waals surface area contributed by atoms with Gasteiger partial charge in [0, 0.05) is 34.3 Å². The average Bonchev–Trinajstić information content (AvgIpc) is 2.89. The molecule has 0 amide bonds. The number of ether oxygens (including phenoxy) is 1. The number of benzene rings is 2. The molecule has 37 heavy (non-hydrogen) atoms. The molecule has 1 atom stereocenters. The van der Waals surface area contributed by atoms with Gasteiger partial charge in [0.05, 0.1) is 30.2 Å². The topological polar surface area (TPSA) is 82.9 Å². The number of methoxy groups -OCH3 is 1. The Labute approximate surface area is 228 Å². The molecule has 3 aromatic rings. The molecule has 198 valence electrons. The van der Waals surface area contributed by atoms with Crippen LogP contribution in [0.5, 0.6) is 5.75 Å². The molecule has 0 bridgehead atoms. The molecule has 1 aliphatic heterocycles. The number of carboxylic acid groups (broad SMARTS) is 1. The minimum Gasteiger partial charge on any atom is -0.497 e. The molecule has 1 aliphatic rings. The fourth-order valence-corrected chi connectivity index (χ4v) is 6.43. The molecule has 2 heterocycles. The van der Waals surface area contributed by atoms with E-state index in [2.05, 4.69) is 41.1 Å².